The van der Waals surface area contributed by atoms with Crippen molar-refractivity contribution in [3.63, 3.8) is 0 Å². The van der Waals surface area contributed by atoms with Gasteiger partial charge in [0.1, 0.15) is 5.75 Å². The molecule has 4 N–H and O–H groups in total. The molecule has 0 aliphatic carbocycles. The summed E-state index contributed by atoms with van der Waals surface area (Å²) in [7, 11) is -2.96. The van der Waals surface area contributed by atoms with Crippen molar-refractivity contribution in [2.75, 3.05) is 47.2 Å². The van der Waals surface area contributed by atoms with Gasteiger partial charge < -0.3 is 25.5 Å². The lowest BCUT2D eigenvalue weighted by Gasteiger charge is -2.17. The van der Waals surface area contributed by atoms with Crippen LogP contribution in [-0.2, 0) is 39.8 Å². The summed E-state index contributed by atoms with van der Waals surface area (Å²) in [6.07, 6.45) is 10.8. The van der Waals surface area contributed by atoms with Crippen molar-refractivity contribution >= 4 is 106 Å². The lowest BCUT2D eigenvalue weighted by molar-refractivity contribution is -0.137. The van der Waals surface area contributed by atoms with Crippen LogP contribution in [0.1, 0.15) is 60.3 Å². The molecule has 0 aromatic heterocycles. The van der Waals surface area contributed by atoms with Crippen LogP contribution in [0.3, 0.4) is 0 Å². The van der Waals surface area contributed by atoms with Gasteiger partial charge in [0.25, 0.3) is 23.6 Å². The van der Waals surface area contributed by atoms with Gasteiger partial charge in [-0.3, -0.25) is 33.7 Å². The Hall–Kier alpha value is -7.19. The molecule has 5 aromatic carbocycles. The molecule has 0 fully saturated rings. The Morgan fingerprint density at radius 3 is 2.24 bits per heavy atom. The highest BCUT2D eigenvalue weighted by Gasteiger charge is 2.34. The Labute approximate surface area is 391 Å². The first-order valence-electron chi connectivity index (χ1n) is 21.8. The molecule has 15 nitrogen and oxygen atoms in total. The quantitative estimate of drug-likeness (QED) is 0.0236. The maximum atomic E-state index is 13.8. The molecule has 3 aliphatic heterocycles. The number of carbonyl (C=O) groups excluding carboxylic acids is 6. The van der Waals surface area contributed by atoms with E-state index in [2.05, 4.69) is 10.6 Å². The van der Waals surface area contributed by atoms with Gasteiger partial charge in [-0.15, -0.1) is 16.5 Å². The number of nitrogens with one attached hydrogen (secondary N) is 2. The standard InChI is InChI=1S/C50H45ClN5O10P/c51-29-33-30-56(41-27-42(57)36-9-4-6-11-38(36)50(33)41)49(63)17-14-31-13-15-32(16-18-46(60)54-25-22-35-34-8-3-5-10-37(34)43(28-40(35)54)66-67(64)65)39(26-31)53-45(59)21-23-52-44(58)12-2-1-7-24-55-47(61)19-20-48(55)62/h3-6,8-11,13-20,26-28,33H,1-2,7,12,21-25,29-30H2,(H3-,52,53,57,58,59,60,64,65)/p+1. The molecule has 0 bridgehead atoms. The Kier molecular flexibility index (Phi) is 14.2. The summed E-state index contributed by atoms with van der Waals surface area (Å²) in [6, 6.07) is 23.0. The largest absolute Gasteiger partial charge is 0.747 e. The van der Waals surface area contributed by atoms with E-state index in [1.54, 1.807) is 64.4 Å². The third kappa shape index (κ3) is 10.3. The molecule has 3 heterocycles. The van der Waals surface area contributed by atoms with E-state index in [0.717, 1.165) is 26.8 Å². The van der Waals surface area contributed by atoms with Crippen molar-refractivity contribution in [2.45, 2.75) is 44.4 Å². The van der Waals surface area contributed by atoms with Crippen molar-refractivity contribution in [3.05, 3.63) is 125 Å². The van der Waals surface area contributed by atoms with Gasteiger partial charge in [-0.05, 0) is 70.5 Å². The number of aromatic hydroxyl groups is 1. The predicted molar refractivity (Wildman–Crippen MR) is 257 cm³/mol. The zero-order valence-corrected chi connectivity index (χ0v) is 37.8. The van der Waals surface area contributed by atoms with E-state index < -0.39 is 14.2 Å². The minimum atomic E-state index is -2.96. The Balaban J connectivity index is 0.970. The van der Waals surface area contributed by atoms with Gasteiger partial charge in [-0.2, -0.15) is 0 Å². The van der Waals surface area contributed by atoms with Crippen LogP contribution in [0.5, 0.6) is 11.5 Å². The Bertz CT molecular complexity index is 2930. The number of hydrogen-bond donors (Lipinski definition) is 4. The molecule has 6 amide bonds. The second kappa shape index (κ2) is 20.5. The lowest BCUT2D eigenvalue weighted by Crippen LogP contribution is -2.31. The number of phenols is 1. The number of alkyl halides is 1. The number of rotatable bonds is 17. The maximum Gasteiger partial charge on any atom is 0.747 e. The Morgan fingerprint density at radius 1 is 0.791 bits per heavy atom. The van der Waals surface area contributed by atoms with E-state index in [9.17, 15) is 43.3 Å². The molecular weight excluding hydrogens is 897 g/mol. The summed E-state index contributed by atoms with van der Waals surface area (Å²) < 4.78 is 17.0. The fraction of sp³-hybridized carbons (Fsp3) is 0.240. The second-order valence-electron chi connectivity index (χ2n) is 16.3. The molecule has 67 heavy (non-hydrogen) atoms. The first-order chi connectivity index (χ1) is 32.4. The normalized spacial score (nSPS) is 15.6. The fourth-order valence-corrected chi connectivity index (χ4v) is 9.40. The number of unbranched alkanes of at least 4 members (excludes halogenated alkanes) is 2. The smallest absolute Gasteiger partial charge is 0.507 e. The highest BCUT2D eigenvalue weighted by molar-refractivity contribution is 7.32. The molecular formula is C50H46ClN5O10P+. The maximum absolute atomic E-state index is 13.8. The van der Waals surface area contributed by atoms with E-state index in [4.69, 9.17) is 16.1 Å². The predicted octanol–water partition coefficient (Wildman–Crippen LogP) is 7.64. The van der Waals surface area contributed by atoms with E-state index >= 15 is 0 Å². The van der Waals surface area contributed by atoms with Gasteiger partial charge in [0.2, 0.25) is 11.8 Å². The topological polar surface area (TPSA) is 203 Å². The van der Waals surface area contributed by atoms with Crippen molar-refractivity contribution in [1.29, 1.82) is 0 Å². The van der Waals surface area contributed by atoms with Gasteiger partial charge in [0.15, 0.2) is 5.75 Å². The first-order valence-corrected chi connectivity index (χ1v) is 23.5. The van der Waals surface area contributed by atoms with Crippen LogP contribution in [0.25, 0.3) is 33.7 Å². The van der Waals surface area contributed by atoms with Gasteiger partial charge in [0, 0.05) is 108 Å². The fourth-order valence-electron chi connectivity index (χ4n) is 8.83. The van der Waals surface area contributed by atoms with Gasteiger partial charge in [-0.1, -0.05) is 67.1 Å². The molecule has 5 aromatic rings. The zero-order chi connectivity index (χ0) is 47.2. The molecule has 17 heteroatoms. The summed E-state index contributed by atoms with van der Waals surface area (Å²) in [4.78, 5) is 90.9. The van der Waals surface area contributed by atoms with Crippen molar-refractivity contribution in [2.24, 2.45) is 0 Å². The molecule has 2 unspecified atom stereocenters. The minimum absolute atomic E-state index is 0.0511. The Morgan fingerprint density at radius 2 is 1.49 bits per heavy atom. The first kappa shape index (κ1) is 46.3. The van der Waals surface area contributed by atoms with Crippen molar-refractivity contribution in [3.8, 4) is 11.5 Å². The average molecular weight is 943 g/mol. The van der Waals surface area contributed by atoms with E-state index in [-0.39, 0.29) is 78.8 Å². The minimum Gasteiger partial charge on any atom is -0.507 e. The van der Waals surface area contributed by atoms with Gasteiger partial charge in [0.05, 0.1) is 11.4 Å². The SMILES string of the molecule is O=C(CCCCCN1C(=O)C=CC1=O)NCCC(=O)Nc1cc(C=CC(=O)N2CC(CCl)c3c2cc(O)c2ccccc32)ccc1C=CC(=O)N1CCc2c1cc(O[P+](=O)O)c1ccccc21. The molecule has 3 aliphatic rings. The summed E-state index contributed by atoms with van der Waals surface area (Å²) in [5, 5.41) is 19.5. The zero-order valence-electron chi connectivity index (χ0n) is 36.2. The highest BCUT2D eigenvalue weighted by atomic mass is 35.5. The van der Waals surface area contributed by atoms with Crippen LogP contribution in [0.2, 0.25) is 0 Å². The van der Waals surface area contributed by atoms with E-state index in [0.29, 0.717) is 77.7 Å². The number of anilines is 3. The van der Waals surface area contributed by atoms with Crippen LogP contribution < -0.4 is 25.0 Å². The molecule has 0 saturated carbocycles. The number of fused-ring (bicyclic) bond motifs is 6. The molecule has 8 rings (SSSR count). The van der Waals surface area contributed by atoms with E-state index in [1.807, 2.05) is 36.4 Å². The summed E-state index contributed by atoms with van der Waals surface area (Å²) in [5.74, 6) is -1.73. The third-order valence-corrected chi connectivity index (χ3v) is 12.8. The van der Waals surface area contributed by atoms with Gasteiger partial charge in [-0.25, -0.2) is 4.52 Å². The number of halogens is 1. The van der Waals surface area contributed by atoms with Crippen molar-refractivity contribution in [1.82, 2.24) is 10.2 Å². The summed E-state index contributed by atoms with van der Waals surface area (Å²) in [6.45, 7) is 1.01. The second-order valence-corrected chi connectivity index (χ2v) is 17.3. The lowest BCUT2D eigenvalue weighted by atomic mass is 9.95. The van der Waals surface area contributed by atoms with Crippen LogP contribution in [-0.4, -0.2) is 82.4 Å². The average Bonchev–Trinajstić information content (AvgIpc) is 4.02. The number of amides is 6. The number of benzene rings is 5. The van der Waals surface area contributed by atoms with Crippen molar-refractivity contribution < 1.29 is 47.9 Å². The number of imide groups is 1. The summed E-state index contributed by atoms with van der Waals surface area (Å²) in [5.41, 5.74) is 4.28. The van der Waals surface area contributed by atoms with Crippen LogP contribution >= 0.6 is 19.9 Å². The number of nitrogens with zero attached hydrogens (tertiary/aromatic N) is 3. The third-order valence-electron chi connectivity index (χ3n) is 12.0. The number of hydrogen-bond acceptors (Lipinski definition) is 9. The molecule has 0 spiro atoms. The monoisotopic (exact) mass is 942 g/mol. The summed E-state index contributed by atoms with van der Waals surface area (Å²) >= 11 is 6.40. The number of phenolic OH excluding ortho intramolecular Hbond substituents is 1. The van der Waals surface area contributed by atoms with Crippen LogP contribution in [0, 0.1) is 0 Å². The van der Waals surface area contributed by atoms with Crippen LogP contribution in [0.15, 0.2) is 103 Å². The van der Waals surface area contributed by atoms with Crippen LogP contribution in [0.4, 0.5) is 17.1 Å². The highest BCUT2D eigenvalue weighted by Crippen LogP contribution is 2.46. The van der Waals surface area contributed by atoms with Gasteiger partial charge >= 0.3 is 8.25 Å². The molecule has 0 saturated heterocycles. The molecule has 0 radical (unpaired) electrons. The molecule has 342 valence electrons. The number of carbonyl (C=O) groups is 6. The molecule has 2 atom stereocenters. The van der Waals surface area contributed by atoms with E-state index in [1.165, 1.54) is 24.3 Å².